The van der Waals surface area contributed by atoms with Crippen molar-refractivity contribution < 1.29 is 19.0 Å². The van der Waals surface area contributed by atoms with Crippen LogP contribution in [-0.2, 0) is 0 Å². The second-order valence-corrected chi connectivity index (χ2v) is 8.23. The summed E-state index contributed by atoms with van der Waals surface area (Å²) in [4.78, 5) is 12.4. The summed E-state index contributed by atoms with van der Waals surface area (Å²) in [6.07, 6.45) is 13.2. The molecule has 2 aromatic rings. The fraction of sp³-hybridized carbons (Fsp3) is 0.464. The Bertz CT molecular complexity index is 793. The maximum Gasteiger partial charge on any atom is 0.343 e. The summed E-state index contributed by atoms with van der Waals surface area (Å²) in [5, 5.41) is 0. The van der Waals surface area contributed by atoms with E-state index in [1.165, 1.54) is 38.5 Å². The van der Waals surface area contributed by atoms with Gasteiger partial charge in [-0.3, -0.25) is 0 Å². The summed E-state index contributed by atoms with van der Waals surface area (Å²) in [5.41, 5.74) is 0.478. The molecule has 0 amide bonds. The summed E-state index contributed by atoms with van der Waals surface area (Å²) in [6.45, 7) is 7.38. The van der Waals surface area contributed by atoms with Gasteiger partial charge in [0.15, 0.2) is 0 Å². The SMILES string of the molecule is CCCCCC/C=C/Oc1ccc(C(=O)Oc2ccc(OCCC[C@@H](C)CC)cc2)cc1. The van der Waals surface area contributed by atoms with Crippen LogP contribution >= 0.6 is 0 Å². The molecule has 1 atom stereocenters. The molecule has 0 radical (unpaired) electrons. The van der Waals surface area contributed by atoms with Crippen LogP contribution in [0.2, 0.25) is 0 Å². The lowest BCUT2D eigenvalue weighted by Crippen LogP contribution is -2.08. The van der Waals surface area contributed by atoms with Gasteiger partial charge in [0.05, 0.1) is 18.4 Å². The first-order valence-electron chi connectivity index (χ1n) is 12.0. The Morgan fingerprint density at radius 2 is 1.56 bits per heavy atom. The first kappa shape index (κ1) is 25.5. The maximum atomic E-state index is 12.4. The Morgan fingerprint density at radius 3 is 2.25 bits per heavy atom. The first-order chi connectivity index (χ1) is 15.6. The predicted molar refractivity (Wildman–Crippen MR) is 131 cm³/mol. The Balaban J connectivity index is 1.73. The van der Waals surface area contributed by atoms with E-state index in [0.29, 0.717) is 23.7 Å². The second-order valence-electron chi connectivity index (χ2n) is 8.23. The summed E-state index contributed by atoms with van der Waals surface area (Å²) >= 11 is 0. The molecule has 0 aliphatic heterocycles. The van der Waals surface area contributed by atoms with Gasteiger partial charge in [-0.2, -0.15) is 0 Å². The topological polar surface area (TPSA) is 44.8 Å². The molecule has 4 heteroatoms. The molecule has 0 bridgehead atoms. The first-order valence-corrected chi connectivity index (χ1v) is 12.0. The number of unbranched alkanes of at least 4 members (excludes halogenated alkanes) is 4. The van der Waals surface area contributed by atoms with Crippen LogP contribution in [0.5, 0.6) is 17.2 Å². The largest absolute Gasteiger partial charge is 0.494 e. The number of rotatable bonds is 15. The summed E-state index contributed by atoms with van der Waals surface area (Å²) in [7, 11) is 0. The molecule has 0 heterocycles. The molecule has 0 N–H and O–H groups in total. The fourth-order valence-corrected chi connectivity index (χ4v) is 3.15. The van der Waals surface area contributed by atoms with Gasteiger partial charge in [0.1, 0.15) is 17.2 Å². The van der Waals surface area contributed by atoms with Gasteiger partial charge in [-0.1, -0.05) is 46.5 Å². The molecule has 2 rings (SSSR count). The second kappa shape index (κ2) is 15.1. The van der Waals surface area contributed by atoms with Gasteiger partial charge in [0.2, 0.25) is 0 Å². The Labute approximate surface area is 193 Å². The number of esters is 1. The normalized spacial score (nSPS) is 12.0. The molecule has 0 spiro atoms. The van der Waals surface area contributed by atoms with Crippen molar-refractivity contribution in [3.63, 3.8) is 0 Å². The van der Waals surface area contributed by atoms with Gasteiger partial charge in [-0.25, -0.2) is 4.79 Å². The van der Waals surface area contributed by atoms with Crippen molar-refractivity contribution in [1.29, 1.82) is 0 Å². The minimum atomic E-state index is -0.398. The molecule has 32 heavy (non-hydrogen) atoms. The number of ether oxygens (including phenoxy) is 3. The Hall–Kier alpha value is -2.75. The summed E-state index contributed by atoms with van der Waals surface area (Å²) in [6, 6.07) is 14.1. The quantitative estimate of drug-likeness (QED) is 0.122. The lowest BCUT2D eigenvalue weighted by molar-refractivity contribution is 0.0734. The molecule has 0 fully saturated rings. The molecule has 0 saturated heterocycles. The minimum absolute atomic E-state index is 0.398. The van der Waals surface area contributed by atoms with E-state index in [1.807, 2.05) is 18.2 Å². The number of carbonyl (C=O) groups is 1. The fourth-order valence-electron chi connectivity index (χ4n) is 3.15. The number of hydrogen-bond acceptors (Lipinski definition) is 4. The van der Waals surface area contributed by atoms with E-state index in [9.17, 15) is 4.79 Å². The van der Waals surface area contributed by atoms with Crippen molar-refractivity contribution in [3.05, 3.63) is 66.4 Å². The lowest BCUT2D eigenvalue weighted by atomic mass is 10.0. The molecule has 174 valence electrons. The van der Waals surface area contributed by atoms with Crippen molar-refractivity contribution in [1.82, 2.24) is 0 Å². The van der Waals surface area contributed by atoms with Crippen LogP contribution in [0.25, 0.3) is 0 Å². The third-order valence-corrected chi connectivity index (χ3v) is 5.46. The highest BCUT2D eigenvalue weighted by atomic mass is 16.5. The lowest BCUT2D eigenvalue weighted by Gasteiger charge is -2.10. The standard InChI is InChI=1S/C28H38O4/c1-4-6-7-8-9-10-21-30-25-15-13-24(14-16-25)28(29)32-27-19-17-26(18-20-27)31-22-11-12-23(3)5-2/h10,13-21,23H,4-9,11-12,22H2,1-3H3/b21-10+/t23-/m0/s1. The van der Waals surface area contributed by atoms with Gasteiger partial charge in [0.25, 0.3) is 0 Å². The highest BCUT2D eigenvalue weighted by Gasteiger charge is 2.09. The zero-order chi connectivity index (χ0) is 23.0. The Kier molecular flexibility index (Phi) is 12.1. The van der Waals surface area contributed by atoms with Gasteiger partial charge in [-0.05, 0) is 86.2 Å². The van der Waals surface area contributed by atoms with E-state index in [4.69, 9.17) is 14.2 Å². The highest BCUT2D eigenvalue weighted by molar-refractivity contribution is 5.91. The third-order valence-electron chi connectivity index (χ3n) is 5.46. The number of hydrogen-bond donors (Lipinski definition) is 0. The predicted octanol–water partition coefficient (Wildman–Crippen LogP) is 7.97. The summed E-state index contributed by atoms with van der Waals surface area (Å²) < 4.78 is 16.8. The minimum Gasteiger partial charge on any atom is -0.494 e. The van der Waals surface area contributed by atoms with Gasteiger partial charge in [-0.15, -0.1) is 0 Å². The molecule has 0 saturated carbocycles. The van der Waals surface area contributed by atoms with Crippen LogP contribution in [0.4, 0.5) is 0 Å². The molecular formula is C28H38O4. The van der Waals surface area contributed by atoms with Crippen LogP contribution in [0, 0.1) is 5.92 Å². The van der Waals surface area contributed by atoms with Crippen molar-refractivity contribution in [3.8, 4) is 17.2 Å². The van der Waals surface area contributed by atoms with E-state index >= 15 is 0 Å². The number of benzene rings is 2. The van der Waals surface area contributed by atoms with E-state index in [0.717, 1.165) is 24.5 Å². The highest BCUT2D eigenvalue weighted by Crippen LogP contribution is 2.20. The van der Waals surface area contributed by atoms with Crippen molar-refractivity contribution in [2.45, 2.75) is 72.1 Å². The zero-order valence-corrected chi connectivity index (χ0v) is 19.8. The molecule has 0 aliphatic carbocycles. The van der Waals surface area contributed by atoms with E-state index in [2.05, 4.69) is 20.8 Å². The smallest absolute Gasteiger partial charge is 0.343 e. The van der Waals surface area contributed by atoms with Crippen molar-refractivity contribution >= 4 is 5.97 Å². The van der Waals surface area contributed by atoms with Crippen LogP contribution in [0.3, 0.4) is 0 Å². The third kappa shape index (κ3) is 10.0. The summed E-state index contributed by atoms with van der Waals surface area (Å²) in [5.74, 6) is 2.31. The molecule has 2 aromatic carbocycles. The van der Waals surface area contributed by atoms with Crippen LogP contribution in [0.1, 0.15) is 82.5 Å². The van der Waals surface area contributed by atoms with Gasteiger partial charge in [0, 0.05) is 0 Å². The van der Waals surface area contributed by atoms with Gasteiger partial charge < -0.3 is 14.2 Å². The Morgan fingerprint density at radius 1 is 0.875 bits per heavy atom. The zero-order valence-electron chi connectivity index (χ0n) is 19.8. The number of allylic oxidation sites excluding steroid dienone is 1. The van der Waals surface area contributed by atoms with E-state index in [-0.39, 0.29) is 0 Å². The molecule has 0 unspecified atom stereocenters. The average Bonchev–Trinajstić information content (AvgIpc) is 2.82. The molecule has 0 aliphatic rings. The average molecular weight is 439 g/mol. The van der Waals surface area contributed by atoms with Gasteiger partial charge >= 0.3 is 5.97 Å². The molecular weight excluding hydrogens is 400 g/mol. The van der Waals surface area contributed by atoms with Crippen LogP contribution in [0.15, 0.2) is 60.9 Å². The monoisotopic (exact) mass is 438 g/mol. The van der Waals surface area contributed by atoms with Crippen molar-refractivity contribution in [2.24, 2.45) is 5.92 Å². The van der Waals surface area contributed by atoms with Crippen LogP contribution < -0.4 is 14.2 Å². The van der Waals surface area contributed by atoms with Crippen LogP contribution in [-0.4, -0.2) is 12.6 Å². The van der Waals surface area contributed by atoms with E-state index < -0.39 is 5.97 Å². The maximum absolute atomic E-state index is 12.4. The number of carbonyl (C=O) groups excluding carboxylic acids is 1. The van der Waals surface area contributed by atoms with E-state index in [1.54, 1.807) is 42.7 Å². The molecule has 0 aromatic heterocycles. The van der Waals surface area contributed by atoms with Crippen molar-refractivity contribution in [2.75, 3.05) is 6.61 Å². The molecule has 4 nitrogen and oxygen atoms in total.